The molecule has 0 unspecified atom stereocenters. The molecule has 2 amide bonds. The lowest BCUT2D eigenvalue weighted by Gasteiger charge is -2.13. The molecule has 0 aliphatic carbocycles. The van der Waals surface area contributed by atoms with Crippen LogP contribution in [0.25, 0.3) is 0 Å². The highest BCUT2D eigenvalue weighted by Gasteiger charge is 2.13. The third-order valence-electron chi connectivity index (χ3n) is 3.68. The lowest BCUT2D eigenvalue weighted by atomic mass is 10.1. The highest BCUT2D eigenvalue weighted by atomic mass is 16.5. The van der Waals surface area contributed by atoms with Gasteiger partial charge in [0, 0.05) is 32.0 Å². The molecule has 6 nitrogen and oxygen atoms in total. The van der Waals surface area contributed by atoms with E-state index in [9.17, 15) is 9.59 Å². The first-order valence-electron chi connectivity index (χ1n) is 7.99. The average molecular weight is 341 g/mol. The maximum absolute atomic E-state index is 11.9. The standard InChI is InChI=1S/C19H23N3O3/c1-22(2)16-9-7-15(8-10-16)21-19(24)18(23)20-12-11-14-5-4-6-17(13-14)25-3/h4-10,13H,11-12H2,1-3H3,(H,20,23)(H,21,24). The van der Waals surface area contributed by atoms with E-state index < -0.39 is 11.8 Å². The van der Waals surface area contributed by atoms with Crippen molar-refractivity contribution < 1.29 is 14.3 Å². The van der Waals surface area contributed by atoms with Gasteiger partial charge in [-0.3, -0.25) is 9.59 Å². The van der Waals surface area contributed by atoms with Gasteiger partial charge in [-0.15, -0.1) is 0 Å². The minimum atomic E-state index is -0.678. The smallest absolute Gasteiger partial charge is 0.313 e. The Kier molecular flexibility index (Phi) is 6.39. The summed E-state index contributed by atoms with van der Waals surface area (Å²) in [5, 5.41) is 5.20. The average Bonchev–Trinajstić information content (AvgIpc) is 2.62. The Hall–Kier alpha value is -3.02. The lowest BCUT2D eigenvalue weighted by Crippen LogP contribution is -2.36. The quantitative estimate of drug-likeness (QED) is 0.789. The summed E-state index contributed by atoms with van der Waals surface area (Å²) in [4.78, 5) is 25.8. The van der Waals surface area contributed by atoms with Gasteiger partial charge in [0.25, 0.3) is 0 Å². The summed E-state index contributed by atoms with van der Waals surface area (Å²) in [6.45, 7) is 0.374. The van der Waals surface area contributed by atoms with Crippen LogP contribution >= 0.6 is 0 Å². The fourth-order valence-electron chi connectivity index (χ4n) is 2.26. The molecular weight excluding hydrogens is 318 g/mol. The number of benzene rings is 2. The van der Waals surface area contributed by atoms with Gasteiger partial charge in [0.1, 0.15) is 5.75 Å². The summed E-state index contributed by atoms with van der Waals surface area (Å²) in [5.41, 5.74) is 2.62. The molecule has 0 bridgehead atoms. The molecule has 0 saturated carbocycles. The van der Waals surface area contributed by atoms with Crippen molar-refractivity contribution in [2.24, 2.45) is 0 Å². The number of amides is 2. The van der Waals surface area contributed by atoms with Gasteiger partial charge in [-0.1, -0.05) is 12.1 Å². The number of ether oxygens (including phenoxy) is 1. The van der Waals surface area contributed by atoms with Crippen molar-refractivity contribution in [1.82, 2.24) is 5.32 Å². The molecule has 25 heavy (non-hydrogen) atoms. The van der Waals surface area contributed by atoms with Crippen LogP contribution in [0, 0.1) is 0 Å². The summed E-state index contributed by atoms with van der Waals surface area (Å²) in [7, 11) is 5.48. The van der Waals surface area contributed by atoms with Gasteiger partial charge in [-0.05, 0) is 48.4 Å². The summed E-state index contributed by atoms with van der Waals surface area (Å²) in [5.74, 6) is -0.564. The third-order valence-corrected chi connectivity index (χ3v) is 3.68. The van der Waals surface area contributed by atoms with Gasteiger partial charge >= 0.3 is 11.8 Å². The van der Waals surface area contributed by atoms with Crippen LogP contribution in [0.3, 0.4) is 0 Å². The number of hydrogen-bond acceptors (Lipinski definition) is 4. The number of rotatable bonds is 6. The number of nitrogens with one attached hydrogen (secondary N) is 2. The fraction of sp³-hybridized carbons (Fsp3) is 0.263. The van der Waals surface area contributed by atoms with Crippen molar-refractivity contribution in [2.45, 2.75) is 6.42 Å². The van der Waals surface area contributed by atoms with Crippen LogP contribution in [0.1, 0.15) is 5.56 Å². The molecule has 0 radical (unpaired) electrons. The molecule has 2 aromatic carbocycles. The molecule has 0 saturated heterocycles. The van der Waals surface area contributed by atoms with Crippen LogP contribution in [0.5, 0.6) is 5.75 Å². The number of carbonyl (C=O) groups is 2. The van der Waals surface area contributed by atoms with Crippen molar-refractivity contribution in [3.63, 3.8) is 0 Å². The molecule has 0 atom stereocenters. The van der Waals surface area contributed by atoms with Crippen LogP contribution in [0.4, 0.5) is 11.4 Å². The van der Waals surface area contributed by atoms with E-state index in [0.717, 1.165) is 17.0 Å². The maximum atomic E-state index is 11.9. The molecule has 2 rings (SSSR count). The molecule has 0 aliphatic rings. The monoisotopic (exact) mass is 341 g/mol. The van der Waals surface area contributed by atoms with Crippen LogP contribution < -0.4 is 20.3 Å². The van der Waals surface area contributed by atoms with Gasteiger partial charge in [-0.25, -0.2) is 0 Å². The zero-order chi connectivity index (χ0) is 18.2. The van der Waals surface area contributed by atoms with E-state index in [1.165, 1.54) is 0 Å². The van der Waals surface area contributed by atoms with Crippen molar-refractivity contribution in [3.8, 4) is 5.75 Å². The van der Waals surface area contributed by atoms with E-state index in [1.807, 2.05) is 55.4 Å². The largest absolute Gasteiger partial charge is 0.497 e. The van der Waals surface area contributed by atoms with Crippen molar-refractivity contribution in [2.75, 3.05) is 38.0 Å². The summed E-state index contributed by atoms with van der Waals surface area (Å²) in [6.07, 6.45) is 0.619. The van der Waals surface area contributed by atoms with E-state index >= 15 is 0 Å². The summed E-state index contributed by atoms with van der Waals surface area (Å²) < 4.78 is 5.16. The maximum Gasteiger partial charge on any atom is 0.313 e. The van der Waals surface area contributed by atoms with Crippen LogP contribution in [-0.4, -0.2) is 39.6 Å². The van der Waals surface area contributed by atoms with Gasteiger partial charge in [0.2, 0.25) is 0 Å². The predicted molar refractivity (Wildman–Crippen MR) is 99.1 cm³/mol. The molecule has 132 valence electrons. The second-order valence-corrected chi connectivity index (χ2v) is 5.75. The Morgan fingerprint density at radius 2 is 1.76 bits per heavy atom. The molecule has 0 heterocycles. The topological polar surface area (TPSA) is 70.7 Å². The summed E-state index contributed by atoms with van der Waals surface area (Å²) in [6, 6.07) is 14.9. The van der Waals surface area contributed by atoms with Crippen molar-refractivity contribution in [3.05, 3.63) is 54.1 Å². The molecule has 6 heteroatoms. The van der Waals surface area contributed by atoms with E-state index in [-0.39, 0.29) is 0 Å². The zero-order valence-corrected chi connectivity index (χ0v) is 14.7. The van der Waals surface area contributed by atoms with Gasteiger partial charge in [-0.2, -0.15) is 0 Å². The predicted octanol–water partition coefficient (Wildman–Crippen LogP) is 2.06. The van der Waals surface area contributed by atoms with Crippen LogP contribution in [-0.2, 0) is 16.0 Å². The fourth-order valence-corrected chi connectivity index (χ4v) is 2.26. The first-order chi connectivity index (χ1) is 12.0. The number of hydrogen-bond donors (Lipinski definition) is 2. The molecular formula is C19H23N3O3. The first-order valence-corrected chi connectivity index (χ1v) is 7.99. The molecule has 2 N–H and O–H groups in total. The zero-order valence-electron chi connectivity index (χ0n) is 14.7. The Morgan fingerprint density at radius 3 is 2.40 bits per heavy atom. The highest BCUT2D eigenvalue weighted by Crippen LogP contribution is 2.15. The summed E-state index contributed by atoms with van der Waals surface area (Å²) >= 11 is 0. The minimum absolute atomic E-state index is 0.374. The molecule has 2 aromatic rings. The Labute approximate surface area is 147 Å². The molecule has 0 spiro atoms. The van der Waals surface area contributed by atoms with Gasteiger partial charge < -0.3 is 20.3 Å². The third kappa shape index (κ3) is 5.53. The number of methoxy groups -OCH3 is 1. The van der Waals surface area contributed by atoms with Crippen molar-refractivity contribution >= 4 is 23.2 Å². The van der Waals surface area contributed by atoms with Crippen LogP contribution in [0.15, 0.2) is 48.5 Å². The van der Waals surface area contributed by atoms with Crippen molar-refractivity contribution in [1.29, 1.82) is 0 Å². The molecule has 0 fully saturated rings. The number of nitrogens with zero attached hydrogens (tertiary/aromatic N) is 1. The second-order valence-electron chi connectivity index (χ2n) is 5.75. The van der Waals surface area contributed by atoms with Gasteiger partial charge in [0.05, 0.1) is 7.11 Å². The molecule has 0 aliphatic heterocycles. The van der Waals surface area contributed by atoms with E-state index in [0.29, 0.717) is 18.7 Å². The normalized spacial score (nSPS) is 10.0. The van der Waals surface area contributed by atoms with Crippen LogP contribution in [0.2, 0.25) is 0 Å². The Balaban J connectivity index is 1.80. The van der Waals surface area contributed by atoms with E-state index in [4.69, 9.17) is 4.74 Å². The van der Waals surface area contributed by atoms with Gasteiger partial charge in [0.15, 0.2) is 0 Å². The second kappa shape index (κ2) is 8.73. The lowest BCUT2D eigenvalue weighted by molar-refractivity contribution is -0.136. The van der Waals surface area contributed by atoms with E-state index in [2.05, 4.69) is 10.6 Å². The first kappa shape index (κ1) is 18.3. The highest BCUT2D eigenvalue weighted by molar-refractivity contribution is 6.39. The molecule has 0 aromatic heterocycles. The number of anilines is 2. The number of carbonyl (C=O) groups excluding carboxylic acids is 2. The minimum Gasteiger partial charge on any atom is -0.497 e. The SMILES string of the molecule is COc1cccc(CCNC(=O)C(=O)Nc2ccc(N(C)C)cc2)c1. The van der Waals surface area contributed by atoms with E-state index in [1.54, 1.807) is 19.2 Å². The Bertz CT molecular complexity index is 727. The Morgan fingerprint density at radius 1 is 1.04 bits per heavy atom.